The summed E-state index contributed by atoms with van der Waals surface area (Å²) >= 11 is 0. The minimum Gasteiger partial charge on any atom is -0.463 e. The molecule has 0 aromatic carbocycles. The normalized spacial score (nSPS) is 15.0. The van der Waals surface area contributed by atoms with Crippen LogP contribution in [0.3, 0.4) is 0 Å². The first-order chi connectivity index (χ1) is 12.9. The largest absolute Gasteiger partial charge is 0.472 e. The number of phosphoric acid groups is 1. The van der Waals surface area contributed by atoms with E-state index in [1.54, 1.807) is 0 Å². The van der Waals surface area contributed by atoms with Crippen molar-refractivity contribution in [1.82, 2.24) is 0 Å². The van der Waals surface area contributed by atoms with Crippen molar-refractivity contribution >= 4 is 13.8 Å². The van der Waals surface area contributed by atoms with Crippen molar-refractivity contribution in [2.45, 2.75) is 70.8 Å². The van der Waals surface area contributed by atoms with Gasteiger partial charge in [-0.2, -0.15) is 0 Å². The van der Waals surface area contributed by atoms with Gasteiger partial charge in [0.15, 0.2) is 0 Å². The number of hydrogen-bond donors (Lipinski definition) is 3. The second-order valence-electron chi connectivity index (χ2n) is 6.29. The lowest BCUT2D eigenvalue weighted by atomic mass is 10.1. The molecule has 4 N–H and O–H groups in total. The molecule has 0 fully saturated rings. The van der Waals surface area contributed by atoms with Crippen LogP contribution in [-0.2, 0) is 23.1 Å². The zero-order chi connectivity index (χ0) is 20.4. The topological polar surface area (TPSA) is 128 Å². The Morgan fingerprint density at radius 2 is 1.74 bits per heavy atom. The number of rotatable bonds is 18. The zero-order valence-corrected chi connectivity index (χ0v) is 17.3. The maximum atomic E-state index is 11.6. The summed E-state index contributed by atoms with van der Waals surface area (Å²) in [5.74, 6) is -0.400. The molecule has 27 heavy (non-hydrogen) atoms. The smallest absolute Gasteiger partial charge is 0.463 e. The van der Waals surface area contributed by atoms with Gasteiger partial charge in [0.05, 0.1) is 13.2 Å². The number of carbonyl (C=O) groups is 1. The minimum absolute atomic E-state index is 0.0735. The lowest BCUT2D eigenvalue weighted by molar-refractivity contribution is -0.147. The summed E-state index contributed by atoms with van der Waals surface area (Å²) in [4.78, 5) is 20.9. The van der Waals surface area contributed by atoms with Crippen LogP contribution in [-0.4, -0.2) is 48.4 Å². The van der Waals surface area contributed by atoms with Gasteiger partial charge in [-0.05, 0) is 25.7 Å². The molecule has 0 aliphatic heterocycles. The lowest BCUT2D eigenvalue weighted by Gasteiger charge is -2.15. The van der Waals surface area contributed by atoms with Crippen molar-refractivity contribution < 1.29 is 33.1 Å². The first-order valence-electron chi connectivity index (χ1n) is 9.72. The fraction of sp³-hybridized carbons (Fsp3) is 0.833. The number of allylic oxidation sites excluding steroid dienone is 2. The maximum Gasteiger partial charge on any atom is 0.472 e. The van der Waals surface area contributed by atoms with Gasteiger partial charge < -0.3 is 20.5 Å². The molecular formula is C18H36NO7P. The molecule has 9 heteroatoms. The number of carbonyl (C=O) groups excluding carboxylic acids is 1. The van der Waals surface area contributed by atoms with Crippen LogP contribution in [0.15, 0.2) is 12.2 Å². The minimum atomic E-state index is -4.23. The maximum absolute atomic E-state index is 11.6. The molecule has 0 aromatic heterocycles. The Hall–Kier alpha value is -0.760. The van der Waals surface area contributed by atoms with E-state index < -0.39 is 26.5 Å². The predicted molar refractivity (Wildman–Crippen MR) is 104 cm³/mol. The summed E-state index contributed by atoms with van der Waals surface area (Å²) in [5.41, 5.74) is 5.15. The van der Waals surface area contributed by atoms with Crippen LogP contribution in [0.25, 0.3) is 0 Å². The second-order valence-corrected chi connectivity index (χ2v) is 7.74. The third kappa shape index (κ3) is 18.4. The highest BCUT2D eigenvalue weighted by Gasteiger charge is 2.22. The van der Waals surface area contributed by atoms with E-state index in [1.165, 1.54) is 12.8 Å². The fourth-order valence-corrected chi connectivity index (χ4v) is 2.93. The summed E-state index contributed by atoms with van der Waals surface area (Å²) in [6.45, 7) is 1.34. The van der Waals surface area contributed by atoms with Crippen molar-refractivity contribution in [1.29, 1.82) is 0 Å². The van der Waals surface area contributed by atoms with Crippen LogP contribution in [0.4, 0.5) is 0 Å². The molecule has 0 saturated carbocycles. The molecule has 0 aliphatic rings. The molecule has 0 radical (unpaired) electrons. The Balaban J connectivity index is 3.58. The molecule has 2 atom stereocenters. The second kappa shape index (κ2) is 17.3. The van der Waals surface area contributed by atoms with Crippen LogP contribution in [0.2, 0.25) is 0 Å². The number of phosphoric ester groups is 1. The van der Waals surface area contributed by atoms with Gasteiger partial charge in [0.2, 0.25) is 0 Å². The third-order valence-corrected chi connectivity index (χ3v) is 4.60. The van der Waals surface area contributed by atoms with E-state index in [4.69, 9.17) is 10.5 Å². The number of unbranched alkanes of at least 4 members (excludes halogenated alkanes) is 6. The van der Waals surface area contributed by atoms with Crippen molar-refractivity contribution in [3.63, 3.8) is 0 Å². The van der Waals surface area contributed by atoms with E-state index in [0.717, 1.165) is 38.5 Å². The number of ether oxygens (including phenoxy) is 1. The van der Waals surface area contributed by atoms with Crippen LogP contribution in [0.1, 0.15) is 64.7 Å². The summed E-state index contributed by atoms with van der Waals surface area (Å²) in [7, 11) is -4.23. The lowest BCUT2D eigenvalue weighted by Crippen LogP contribution is -2.23. The number of hydrogen-bond acceptors (Lipinski definition) is 7. The number of aliphatic hydroxyl groups is 1. The first-order valence-corrected chi connectivity index (χ1v) is 11.2. The van der Waals surface area contributed by atoms with Gasteiger partial charge in [-0.15, -0.1) is 0 Å². The molecule has 0 spiro atoms. The third-order valence-electron chi connectivity index (χ3n) is 3.61. The SMILES string of the molecule is CCC/C=C\CCCCCCCC(=O)OCC(O)COP(=O)(O)OCCN. The average Bonchev–Trinajstić information content (AvgIpc) is 2.64. The Labute approximate surface area is 162 Å². The monoisotopic (exact) mass is 409 g/mol. The molecule has 0 aliphatic carbocycles. The van der Waals surface area contributed by atoms with Gasteiger partial charge in [0, 0.05) is 13.0 Å². The van der Waals surface area contributed by atoms with E-state index in [2.05, 4.69) is 28.1 Å². The molecule has 0 aromatic rings. The summed E-state index contributed by atoms with van der Waals surface area (Å²) in [6.07, 6.45) is 12.1. The summed E-state index contributed by atoms with van der Waals surface area (Å²) in [5, 5.41) is 9.61. The number of aliphatic hydroxyl groups excluding tert-OH is 1. The van der Waals surface area contributed by atoms with Gasteiger partial charge in [0.1, 0.15) is 12.7 Å². The number of nitrogens with two attached hydrogens (primary N) is 1. The molecule has 0 bridgehead atoms. The van der Waals surface area contributed by atoms with Gasteiger partial charge >= 0.3 is 13.8 Å². The van der Waals surface area contributed by atoms with Crippen molar-refractivity contribution in [3.8, 4) is 0 Å². The zero-order valence-electron chi connectivity index (χ0n) is 16.4. The Morgan fingerprint density at radius 1 is 1.07 bits per heavy atom. The van der Waals surface area contributed by atoms with E-state index in [-0.39, 0.29) is 19.8 Å². The van der Waals surface area contributed by atoms with Crippen LogP contribution >= 0.6 is 7.82 Å². The van der Waals surface area contributed by atoms with Gasteiger partial charge in [-0.1, -0.05) is 44.8 Å². The van der Waals surface area contributed by atoms with Gasteiger partial charge in [0.25, 0.3) is 0 Å². The predicted octanol–water partition coefficient (Wildman–Crippen LogP) is 3.07. The van der Waals surface area contributed by atoms with E-state index >= 15 is 0 Å². The summed E-state index contributed by atoms with van der Waals surface area (Å²) in [6, 6.07) is 0. The highest BCUT2D eigenvalue weighted by atomic mass is 31.2. The standard InChI is InChI=1S/C18H36NO7P/c1-2-3-4-5-6-7-8-9-10-11-12-18(21)24-15-17(20)16-26-27(22,23)25-14-13-19/h4-5,17,20H,2-3,6-16,19H2,1H3,(H,22,23)/b5-4-. The molecular weight excluding hydrogens is 373 g/mol. The van der Waals surface area contributed by atoms with E-state index in [0.29, 0.717) is 6.42 Å². The summed E-state index contributed by atoms with van der Waals surface area (Å²) < 4.78 is 25.4. The van der Waals surface area contributed by atoms with Crippen LogP contribution in [0.5, 0.6) is 0 Å². The quantitative estimate of drug-likeness (QED) is 0.136. The molecule has 0 amide bonds. The van der Waals surface area contributed by atoms with Crippen molar-refractivity contribution in [2.75, 3.05) is 26.4 Å². The first kappa shape index (κ1) is 26.2. The van der Waals surface area contributed by atoms with Gasteiger partial charge in [-0.25, -0.2) is 4.57 Å². The van der Waals surface area contributed by atoms with Gasteiger partial charge in [-0.3, -0.25) is 13.8 Å². The van der Waals surface area contributed by atoms with Crippen LogP contribution < -0.4 is 5.73 Å². The number of esters is 1. The Bertz CT molecular complexity index is 445. The highest BCUT2D eigenvalue weighted by Crippen LogP contribution is 2.42. The molecule has 0 rings (SSSR count). The highest BCUT2D eigenvalue weighted by molar-refractivity contribution is 7.47. The molecule has 2 unspecified atom stereocenters. The van der Waals surface area contributed by atoms with Crippen molar-refractivity contribution in [3.05, 3.63) is 12.2 Å². The average molecular weight is 409 g/mol. The molecule has 0 saturated heterocycles. The Morgan fingerprint density at radius 3 is 2.44 bits per heavy atom. The molecule has 160 valence electrons. The molecule has 0 heterocycles. The Kier molecular flexibility index (Phi) is 16.9. The fourth-order valence-electron chi connectivity index (χ4n) is 2.16. The van der Waals surface area contributed by atoms with E-state index in [1.807, 2.05) is 0 Å². The van der Waals surface area contributed by atoms with Crippen LogP contribution in [0, 0.1) is 0 Å². The van der Waals surface area contributed by atoms with E-state index in [9.17, 15) is 19.4 Å². The molecule has 8 nitrogen and oxygen atoms in total. The van der Waals surface area contributed by atoms with Crippen molar-refractivity contribution in [2.24, 2.45) is 5.73 Å².